The number of pyridine rings is 1. The zero-order chi connectivity index (χ0) is 15.1. The summed E-state index contributed by atoms with van der Waals surface area (Å²) in [6.07, 6.45) is 1.48. The van der Waals surface area contributed by atoms with E-state index in [2.05, 4.69) is 10.1 Å². The number of rotatable bonds is 2. The quantitative estimate of drug-likeness (QED) is 0.886. The molecule has 1 unspecified atom stereocenters. The molecule has 0 aliphatic carbocycles. The number of aliphatic carboxylic acids is 1. The summed E-state index contributed by atoms with van der Waals surface area (Å²) >= 11 is 1.44. The average molecular weight is 306 g/mol. The van der Waals surface area contributed by atoms with Crippen molar-refractivity contribution in [2.24, 2.45) is 7.05 Å². The van der Waals surface area contributed by atoms with Crippen molar-refractivity contribution in [1.82, 2.24) is 19.7 Å². The molecule has 0 aromatic carbocycles. The standard InChI is InChI=1S/C13H14N4O3S/c1-7-9-3-8(4-14-11(9)16(2)15-7)12(18)17-6-21-5-10(17)13(19)20/h3-4,10H,5-6H2,1-2H3,(H,19,20). The molecule has 0 saturated carbocycles. The number of hydrogen-bond donors (Lipinski definition) is 1. The normalized spacial score (nSPS) is 18.4. The highest BCUT2D eigenvalue weighted by Gasteiger charge is 2.35. The van der Waals surface area contributed by atoms with Crippen LogP contribution in [0.5, 0.6) is 0 Å². The molecule has 0 radical (unpaired) electrons. The lowest BCUT2D eigenvalue weighted by Crippen LogP contribution is -2.41. The van der Waals surface area contributed by atoms with E-state index < -0.39 is 12.0 Å². The maximum Gasteiger partial charge on any atom is 0.327 e. The fourth-order valence-electron chi connectivity index (χ4n) is 2.44. The Labute approximate surface area is 124 Å². The summed E-state index contributed by atoms with van der Waals surface area (Å²) in [5, 5.41) is 14.2. The second-order valence-electron chi connectivity index (χ2n) is 4.93. The van der Waals surface area contributed by atoms with Crippen LogP contribution in [-0.2, 0) is 11.8 Å². The smallest absolute Gasteiger partial charge is 0.327 e. The van der Waals surface area contributed by atoms with Gasteiger partial charge in [0, 0.05) is 24.4 Å². The molecule has 1 saturated heterocycles. The number of amides is 1. The van der Waals surface area contributed by atoms with E-state index in [4.69, 9.17) is 5.11 Å². The highest BCUT2D eigenvalue weighted by molar-refractivity contribution is 7.99. The van der Waals surface area contributed by atoms with E-state index >= 15 is 0 Å². The number of hydrogen-bond acceptors (Lipinski definition) is 5. The first-order valence-electron chi connectivity index (χ1n) is 6.40. The predicted molar refractivity (Wildman–Crippen MR) is 78.2 cm³/mol. The van der Waals surface area contributed by atoms with Gasteiger partial charge in [-0.05, 0) is 13.0 Å². The van der Waals surface area contributed by atoms with Crippen LogP contribution < -0.4 is 0 Å². The fraction of sp³-hybridized carbons (Fsp3) is 0.385. The third-order valence-electron chi connectivity index (χ3n) is 3.54. The van der Waals surface area contributed by atoms with Crippen molar-refractivity contribution in [2.45, 2.75) is 13.0 Å². The molecule has 8 heteroatoms. The summed E-state index contributed by atoms with van der Waals surface area (Å²) in [7, 11) is 1.79. The lowest BCUT2D eigenvalue weighted by Gasteiger charge is -2.20. The van der Waals surface area contributed by atoms with Gasteiger partial charge in [0.15, 0.2) is 5.65 Å². The molecule has 2 aromatic heterocycles. The maximum atomic E-state index is 12.5. The summed E-state index contributed by atoms with van der Waals surface area (Å²) in [6.45, 7) is 1.85. The van der Waals surface area contributed by atoms with E-state index in [-0.39, 0.29) is 5.91 Å². The summed E-state index contributed by atoms with van der Waals surface area (Å²) in [5.74, 6) is -0.465. The van der Waals surface area contributed by atoms with Crippen molar-refractivity contribution in [1.29, 1.82) is 0 Å². The molecule has 1 amide bonds. The average Bonchev–Trinajstić information content (AvgIpc) is 3.04. The van der Waals surface area contributed by atoms with Gasteiger partial charge >= 0.3 is 5.97 Å². The van der Waals surface area contributed by atoms with Crippen LogP contribution in [0.4, 0.5) is 0 Å². The number of carbonyl (C=O) groups is 2. The third-order valence-corrected chi connectivity index (χ3v) is 4.55. The Kier molecular flexibility index (Phi) is 3.32. The predicted octanol–water partition coefficient (Wildman–Crippen LogP) is 0.876. The van der Waals surface area contributed by atoms with Crippen molar-refractivity contribution in [3.05, 3.63) is 23.5 Å². The fourth-order valence-corrected chi connectivity index (χ4v) is 3.58. The van der Waals surface area contributed by atoms with Crippen molar-refractivity contribution in [3.63, 3.8) is 0 Å². The number of thioether (sulfide) groups is 1. The van der Waals surface area contributed by atoms with Crippen molar-refractivity contribution >= 4 is 34.7 Å². The van der Waals surface area contributed by atoms with Gasteiger partial charge in [0.2, 0.25) is 0 Å². The molecule has 3 rings (SSSR count). The number of fused-ring (bicyclic) bond motifs is 1. The second kappa shape index (κ2) is 5.03. The molecule has 21 heavy (non-hydrogen) atoms. The zero-order valence-corrected chi connectivity index (χ0v) is 12.4. The zero-order valence-electron chi connectivity index (χ0n) is 11.6. The third kappa shape index (κ3) is 2.25. The molecule has 0 bridgehead atoms. The lowest BCUT2D eigenvalue weighted by atomic mass is 10.1. The number of carbonyl (C=O) groups excluding carboxylic acids is 1. The second-order valence-corrected chi connectivity index (χ2v) is 5.93. The molecule has 1 N–H and O–H groups in total. The van der Waals surface area contributed by atoms with Crippen LogP contribution in [0.15, 0.2) is 12.3 Å². The van der Waals surface area contributed by atoms with Gasteiger partial charge in [-0.1, -0.05) is 0 Å². The summed E-state index contributed by atoms with van der Waals surface area (Å²) in [4.78, 5) is 29.3. The molecule has 110 valence electrons. The number of nitrogens with zero attached hydrogens (tertiary/aromatic N) is 4. The van der Waals surface area contributed by atoms with Crippen molar-refractivity contribution in [2.75, 3.05) is 11.6 Å². The van der Waals surface area contributed by atoms with Crippen molar-refractivity contribution in [3.8, 4) is 0 Å². The van der Waals surface area contributed by atoms with Crippen LogP contribution in [0, 0.1) is 6.92 Å². The van der Waals surface area contributed by atoms with E-state index in [0.717, 1.165) is 11.1 Å². The Bertz CT molecular complexity index is 742. The Balaban J connectivity index is 1.98. The first-order chi connectivity index (χ1) is 9.99. The van der Waals surface area contributed by atoms with Crippen molar-refractivity contribution < 1.29 is 14.7 Å². The molecule has 1 fully saturated rings. The number of carboxylic acids is 1. The van der Waals surface area contributed by atoms with Gasteiger partial charge < -0.3 is 10.0 Å². The molecular formula is C13H14N4O3S. The lowest BCUT2D eigenvalue weighted by molar-refractivity contribution is -0.140. The minimum atomic E-state index is -0.972. The topological polar surface area (TPSA) is 88.3 Å². The van der Waals surface area contributed by atoms with E-state index in [0.29, 0.717) is 22.8 Å². The molecule has 1 atom stereocenters. The van der Waals surface area contributed by atoms with Gasteiger partial charge in [0.05, 0.1) is 17.1 Å². The Hall–Kier alpha value is -2.09. The van der Waals surface area contributed by atoms with Gasteiger partial charge in [0.25, 0.3) is 5.91 Å². The van der Waals surface area contributed by atoms with Gasteiger partial charge in [-0.25, -0.2) is 9.78 Å². The highest BCUT2D eigenvalue weighted by Crippen LogP contribution is 2.24. The van der Waals surface area contributed by atoms with E-state index in [9.17, 15) is 9.59 Å². The first kappa shape index (κ1) is 13.9. The maximum absolute atomic E-state index is 12.5. The SMILES string of the molecule is Cc1nn(C)c2ncc(C(=O)N3CSCC3C(=O)O)cc12. The Morgan fingerprint density at radius 1 is 1.48 bits per heavy atom. The first-order valence-corrected chi connectivity index (χ1v) is 7.55. The molecule has 1 aliphatic rings. The van der Waals surface area contributed by atoms with E-state index in [1.54, 1.807) is 17.8 Å². The van der Waals surface area contributed by atoms with Gasteiger partial charge in [0.1, 0.15) is 6.04 Å². The number of aryl methyl sites for hydroxylation is 2. The minimum Gasteiger partial charge on any atom is -0.480 e. The molecule has 1 aliphatic heterocycles. The molecule has 7 nitrogen and oxygen atoms in total. The largest absolute Gasteiger partial charge is 0.480 e. The van der Waals surface area contributed by atoms with Gasteiger partial charge in [-0.3, -0.25) is 9.48 Å². The molecule has 2 aromatic rings. The number of aromatic nitrogens is 3. The van der Waals surface area contributed by atoms with Crippen LogP contribution in [0.3, 0.4) is 0 Å². The molecular weight excluding hydrogens is 292 g/mol. The van der Waals surface area contributed by atoms with Gasteiger partial charge in [-0.2, -0.15) is 5.10 Å². The van der Waals surface area contributed by atoms with E-state index in [1.807, 2.05) is 6.92 Å². The van der Waals surface area contributed by atoms with Crippen LogP contribution in [-0.4, -0.2) is 54.3 Å². The Morgan fingerprint density at radius 3 is 2.95 bits per heavy atom. The minimum absolute atomic E-state index is 0.301. The monoisotopic (exact) mass is 306 g/mol. The van der Waals surface area contributed by atoms with Crippen LogP contribution in [0.1, 0.15) is 16.1 Å². The van der Waals surface area contributed by atoms with E-state index in [1.165, 1.54) is 22.9 Å². The Morgan fingerprint density at radius 2 is 2.24 bits per heavy atom. The summed E-state index contributed by atoms with van der Waals surface area (Å²) in [5.41, 5.74) is 1.89. The van der Waals surface area contributed by atoms with Crippen LogP contribution in [0.25, 0.3) is 11.0 Å². The van der Waals surface area contributed by atoms with Crippen LogP contribution >= 0.6 is 11.8 Å². The highest BCUT2D eigenvalue weighted by atomic mass is 32.2. The molecule has 0 spiro atoms. The summed E-state index contributed by atoms with van der Waals surface area (Å²) in [6, 6.07) is 0.961. The van der Waals surface area contributed by atoms with Gasteiger partial charge in [-0.15, -0.1) is 11.8 Å². The number of carboxylic acid groups (broad SMARTS) is 1. The summed E-state index contributed by atoms with van der Waals surface area (Å²) < 4.78 is 1.66. The molecule has 3 heterocycles. The van der Waals surface area contributed by atoms with Crippen LogP contribution in [0.2, 0.25) is 0 Å².